The van der Waals surface area contributed by atoms with Gasteiger partial charge in [-0.2, -0.15) is 0 Å². The summed E-state index contributed by atoms with van der Waals surface area (Å²) in [6, 6.07) is 6.53. The number of ketones is 1. The van der Waals surface area contributed by atoms with E-state index >= 15 is 0 Å². The maximum Gasteiger partial charge on any atom is 0.335 e. The van der Waals surface area contributed by atoms with Crippen molar-refractivity contribution in [3.8, 4) is 0 Å². The number of carbonyl (C=O) groups is 2. The molecular weight excluding hydrogens is 416 g/mol. The molecule has 3 fully saturated rings. The van der Waals surface area contributed by atoms with E-state index in [2.05, 4.69) is 27.4 Å². The van der Waals surface area contributed by atoms with Crippen LogP contribution in [0.4, 0.5) is 0 Å². The van der Waals surface area contributed by atoms with Crippen molar-refractivity contribution >= 4 is 17.8 Å². The van der Waals surface area contributed by atoms with Gasteiger partial charge in [-0.05, 0) is 72.3 Å². The molecule has 3 N–H and O–H groups in total. The normalized spacial score (nSPS) is 44.1. The van der Waals surface area contributed by atoms with Crippen LogP contribution in [0.5, 0.6) is 0 Å². The molecule has 0 spiro atoms. The van der Waals surface area contributed by atoms with Gasteiger partial charge in [-0.15, -0.1) is 6.58 Å². The molecule has 1 aromatic rings. The van der Waals surface area contributed by atoms with Gasteiger partial charge in [0.2, 0.25) is 0 Å². The lowest BCUT2D eigenvalue weighted by Gasteiger charge is -2.61. The van der Waals surface area contributed by atoms with E-state index in [4.69, 9.17) is 5.11 Å². The first-order chi connectivity index (χ1) is 15.4. The molecule has 0 aromatic heterocycles. The Balaban J connectivity index is 1.85. The Labute approximate surface area is 196 Å². The number of aliphatic hydroxyl groups is 2. The van der Waals surface area contributed by atoms with Gasteiger partial charge in [0.15, 0.2) is 5.78 Å². The Hall–Kier alpha value is -2.24. The Morgan fingerprint density at radius 2 is 1.79 bits per heavy atom. The Bertz CT molecular complexity index is 1010. The zero-order valence-corrected chi connectivity index (χ0v) is 20.0. The van der Waals surface area contributed by atoms with Gasteiger partial charge in [0.25, 0.3) is 0 Å². The van der Waals surface area contributed by atoms with Crippen LogP contribution in [0.1, 0.15) is 69.3 Å². The van der Waals surface area contributed by atoms with Crippen molar-refractivity contribution in [1.82, 2.24) is 0 Å². The second kappa shape index (κ2) is 7.92. The van der Waals surface area contributed by atoms with Crippen LogP contribution in [-0.2, 0) is 4.79 Å². The number of carboxylic acid groups (broad SMARTS) is 1. The molecule has 0 saturated heterocycles. The Morgan fingerprint density at radius 1 is 1.15 bits per heavy atom. The van der Waals surface area contributed by atoms with Crippen molar-refractivity contribution in [3.05, 3.63) is 53.6 Å². The highest BCUT2D eigenvalue weighted by molar-refractivity contribution is 6.05. The van der Waals surface area contributed by atoms with E-state index in [0.717, 1.165) is 18.4 Å². The summed E-state index contributed by atoms with van der Waals surface area (Å²) in [6.07, 6.45) is 4.85. The van der Waals surface area contributed by atoms with Crippen LogP contribution in [0.15, 0.2) is 42.5 Å². The van der Waals surface area contributed by atoms with Gasteiger partial charge in [0, 0.05) is 16.7 Å². The van der Waals surface area contributed by atoms with Crippen LogP contribution >= 0.6 is 0 Å². The summed E-state index contributed by atoms with van der Waals surface area (Å²) in [6.45, 7) is 12.2. The molecular formula is C28H36O5. The number of hydrogen-bond donors (Lipinski definition) is 3. The quantitative estimate of drug-likeness (QED) is 0.455. The molecule has 3 saturated carbocycles. The van der Waals surface area contributed by atoms with Crippen LogP contribution in [0.3, 0.4) is 0 Å². The maximum absolute atomic E-state index is 14.0. The second-order valence-electron chi connectivity index (χ2n) is 11.3. The van der Waals surface area contributed by atoms with Crippen molar-refractivity contribution < 1.29 is 24.9 Å². The van der Waals surface area contributed by atoms with Crippen LogP contribution < -0.4 is 0 Å². The predicted molar refractivity (Wildman–Crippen MR) is 128 cm³/mol. The third kappa shape index (κ3) is 3.35. The highest BCUT2D eigenvalue weighted by Crippen LogP contribution is 2.68. The molecule has 3 aliphatic carbocycles. The van der Waals surface area contributed by atoms with Gasteiger partial charge < -0.3 is 15.3 Å². The molecule has 4 rings (SSSR count). The van der Waals surface area contributed by atoms with E-state index in [1.165, 1.54) is 0 Å². The smallest absolute Gasteiger partial charge is 0.335 e. The van der Waals surface area contributed by atoms with Crippen LogP contribution in [0, 0.1) is 34.0 Å². The molecule has 1 aromatic carbocycles. The molecule has 0 aliphatic heterocycles. The lowest BCUT2D eigenvalue weighted by atomic mass is 9.44. The SMILES string of the molecule is C=C[C@]1(C)C[C@@H](O)[C@]2(C)[C@H](C)CC[C@]3(C/C(=C\c4ccc(C(=O)O)cc4)C(=O)[C@H]32)[C@@H](C)[C@@H]1O. The van der Waals surface area contributed by atoms with E-state index < -0.39 is 34.4 Å². The molecule has 3 aliphatic rings. The summed E-state index contributed by atoms with van der Waals surface area (Å²) >= 11 is 0. The first kappa shape index (κ1) is 23.9. The fraction of sp³-hybridized carbons (Fsp3) is 0.571. The average molecular weight is 453 g/mol. The lowest BCUT2D eigenvalue weighted by Crippen LogP contribution is -2.62. The van der Waals surface area contributed by atoms with Gasteiger partial charge >= 0.3 is 5.97 Å². The number of Topliss-reactive ketones (excluding diaryl/α,β-unsaturated/α-hetero) is 1. The minimum atomic E-state index is -0.985. The minimum Gasteiger partial charge on any atom is -0.478 e. The lowest BCUT2D eigenvalue weighted by molar-refractivity contribution is -0.191. The summed E-state index contributed by atoms with van der Waals surface area (Å²) in [5.74, 6) is -1.27. The van der Waals surface area contributed by atoms with Crippen LogP contribution in [0.25, 0.3) is 6.08 Å². The fourth-order valence-corrected chi connectivity index (χ4v) is 7.27. The van der Waals surface area contributed by atoms with Gasteiger partial charge in [-0.3, -0.25) is 4.79 Å². The third-order valence-electron chi connectivity index (χ3n) is 9.77. The van der Waals surface area contributed by atoms with E-state index in [1.54, 1.807) is 30.3 Å². The standard InChI is InChI=1S/C28H36O5/c1-6-26(4)15-21(29)27(5)16(2)11-12-28(17(3)24(26)31)14-20(22(30)23(27)28)13-18-7-9-19(10-8-18)25(32)33/h6-10,13,16-17,21,23-24,29,31H,1,11-12,14-15H2,2-5H3,(H,32,33)/b20-13+/t16-,17+,21-,23+,24+,26-,27+,28+/m1/s1. The van der Waals surface area contributed by atoms with E-state index in [1.807, 2.05) is 13.0 Å². The average Bonchev–Trinajstić information content (AvgIpc) is 3.08. The predicted octanol–water partition coefficient (Wildman–Crippen LogP) is 4.73. The Morgan fingerprint density at radius 3 is 2.36 bits per heavy atom. The second-order valence-corrected chi connectivity index (χ2v) is 11.3. The van der Waals surface area contributed by atoms with Gasteiger partial charge in [0.05, 0.1) is 17.8 Å². The van der Waals surface area contributed by atoms with Crippen molar-refractivity contribution in [2.75, 3.05) is 0 Å². The number of carbonyl (C=O) groups excluding carboxylic acids is 1. The van der Waals surface area contributed by atoms with Crippen molar-refractivity contribution in [1.29, 1.82) is 0 Å². The number of allylic oxidation sites excluding steroid dienone is 1. The fourth-order valence-electron chi connectivity index (χ4n) is 7.27. The van der Waals surface area contributed by atoms with Crippen LogP contribution in [0.2, 0.25) is 0 Å². The van der Waals surface area contributed by atoms with E-state index in [0.29, 0.717) is 18.4 Å². The number of rotatable bonds is 3. The summed E-state index contributed by atoms with van der Waals surface area (Å²) < 4.78 is 0. The molecule has 2 bridgehead atoms. The first-order valence-electron chi connectivity index (χ1n) is 12.0. The topological polar surface area (TPSA) is 94.8 Å². The Kier molecular flexibility index (Phi) is 5.73. The molecule has 8 atom stereocenters. The highest BCUT2D eigenvalue weighted by atomic mass is 16.4. The molecule has 0 radical (unpaired) electrons. The molecule has 0 unspecified atom stereocenters. The third-order valence-corrected chi connectivity index (χ3v) is 9.77. The monoisotopic (exact) mass is 452 g/mol. The molecule has 178 valence electrons. The first-order valence-corrected chi connectivity index (χ1v) is 12.0. The zero-order valence-electron chi connectivity index (χ0n) is 20.0. The summed E-state index contributed by atoms with van der Waals surface area (Å²) in [5.41, 5.74) is 0.0175. The van der Waals surface area contributed by atoms with Gasteiger partial charge in [-0.25, -0.2) is 4.79 Å². The summed E-state index contributed by atoms with van der Waals surface area (Å²) in [5, 5.41) is 32.2. The summed E-state index contributed by atoms with van der Waals surface area (Å²) in [4.78, 5) is 25.2. The molecule has 33 heavy (non-hydrogen) atoms. The van der Waals surface area contributed by atoms with Crippen molar-refractivity contribution in [2.24, 2.45) is 34.0 Å². The molecule has 0 heterocycles. The molecule has 5 nitrogen and oxygen atoms in total. The van der Waals surface area contributed by atoms with Gasteiger partial charge in [-0.1, -0.05) is 45.9 Å². The highest BCUT2D eigenvalue weighted by Gasteiger charge is 2.68. The number of carboxylic acids is 1. The molecule has 5 heteroatoms. The van der Waals surface area contributed by atoms with Crippen molar-refractivity contribution in [3.63, 3.8) is 0 Å². The molecule has 0 amide bonds. The number of hydrogen-bond acceptors (Lipinski definition) is 4. The largest absolute Gasteiger partial charge is 0.478 e. The minimum absolute atomic E-state index is 0.0617. The number of aromatic carboxylic acids is 1. The maximum atomic E-state index is 14.0. The van der Waals surface area contributed by atoms with E-state index in [-0.39, 0.29) is 29.1 Å². The van der Waals surface area contributed by atoms with E-state index in [9.17, 15) is 19.8 Å². The van der Waals surface area contributed by atoms with Crippen molar-refractivity contribution in [2.45, 2.75) is 65.6 Å². The summed E-state index contributed by atoms with van der Waals surface area (Å²) in [7, 11) is 0. The number of aliphatic hydroxyl groups excluding tert-OH is 2. The van der Waals surface area contributed by atoms with Crippen LogP contribution in [-0.4, -0.2) is 39.3 Å². The number of benzene rings is 1. The zero-order chi connectivity index (χ0) is 24.3. The van der Waals surface area contributed by atoms with Gasteiger partial charge in [0.1, 0.15) is 0 Å².